The minimum Gasteiger partial charge on any atom is -0.379 e. The lowest BCUT2D eigenvalue weighted by molar-refractivity contribution is 0.628. The number of benzene rings is 1. The zero-order valence-electron chi connectivity index (χ0n) is 10.9. The molecule has 21 heavy (non-hydrogen) atoms. The largest absolute Gasteiger partial charge is 0.379 e. The Bertz CT molecular complexity index is 746. The van der Waals surface area contributed by atoms with Gasteiger partial charge in [-0.2, -0.15) is 0 Å². The Hall–Kier alpha value is -1.98. The summed E-state index contributed by atoms with van der Waals surface area (Å²) in [6.07, 6.45) is 1.74. The summed E-state index contributed by atoms with van der Waals surface area (Å²) in [6, 6.07) is 10.4. The molecule has 1 aromatic carbocycles. The quantitative estimate of drug-likeness (QED) is 0.763. The zero-order chi connectivity index (χ0) is 14.7. The zero-order valence-corrected chi connectivity index (χ0v) is 12.5. The number of nitrogens with one attached hydrogen (secondary N) is 1. The Labute approximate surface area is 130 Å². The van der Waals surface area contributed by atoms with Gasteiger partial charge in [-0.15, -0.1) is 11.3 Å². The number of hydrogen-bond donors (Lipinski definition) is 1. The number of halogens is 2. The minimum absolute atomic E-state index is 0.117. The van der Waals surface area contributed by atoms with E-state index in [-0.39, 0.29) is 5.02 Å². The Kier molecular flexibility index (Phi) is 4.13. The Morgan fingerprint density at radius 1 is 1.24 bits per heavy atom. The molecule has 0 saturated heterocycles. The highest BCUT2D eigenvalue weighted by Crippen LogP contribution is 2.23. The van der Waals surface area contributed by atoms with E-state index in [0.29, 0.717) is 12.2 Å². The van der Waals surface area contributed by atoms with Crippen molar-refractivity contribution in [2.75, 3.05) is 5.32 Å². The normalized spacial score (nSPS) is 10.6. The van der Waals surface area contributed by atoms with Crippen molar-refractivity contribution in [3.05, 3.63) is 64.5 Å². The first-order chi connectivity index (χ1) is 10.2. The van der Waals surface area contributed by atoms with Crippen molar-refractivity contribution in [2.45, 2.75) is 6.54 Å². The molecule has 0 radical (unpaired) electrons. The van der Waals surface area contributed by atoms with Crippen molar-refractivity contribution >= 4 is 28.6 Å². The SMILES string of the molecule is Fc1cc(NCc2csc(-c3ccccn3)n2)ccc1Cl. The van der Waals surface area contributed by atoms with Crippen LogP contribution in [0.15, 0.2) is 48.0 Å². The van der Waals surface area contributed by atoms with Gasteiger partial charge in [-0.1, -0.05) is 17.7 Å². The van der Waals surface area contributed by atoms with Crippen LogP contribution in [0.2, 0.25) is 5.02 Å². The molecular weight excluding hydrogens is 309 g/mol. The number of pyridine rings is 1. The second-order valence-electron chi connectivity index (χ2n) is 4.34. The van der Waals surface area contributed by atoms with Gasteiger partial charge in [0, 0.05) is 17.3 Å². The molecule has 2 aromatic heterocycles. The van der Waals surface area contributed by atoms with Crippen molar-refractivity contribution in [3.8, 4) is 10.7 Å². The highest BCUT2D eigenvalue weighted by molar-refractivity contribution is 7.13. The summed E-state index contributed by atoms with van der Waals surface area (Å²) in [5.41, 5.74) is 2.41. The van der Waals surface area contributed by atoms with E-state index in [2.05, 4.69) is 15.3 Å². The van der Waals surface area contributed by atoms with Crippen molar-refractivity contribution in [1.29, 1.82) is 0 Å². The molecule has 0 fully saturated rings. The Morgan fingerprint density at radius 2 is 2.14 bits per heavy atom. The van der Waals surface area contributed by atoms with Gasteiger partial charge in [0.2, 0.25) is 0 Å². The predicted molar refractivity (Wildman–Crippen MR) is 84.1 cm³/mol. The van der Waals surface area contributed by atoms with E-state index >= 15 is 0 Å². The summed E-state index contributed by atoms with van der Waals surface area (Å²) in [7, 11) is 0. The fourth-order valence-electron chi connectivity index (χ4n) is 1.79. The van der Waals surface area contributed by atoms with Crippen molar-refractivity contribution in [3.63, 3.8) is 0 Å². The molecule has 0 aliphatic rings. The van der Waals surface area contributed by atoms with E-state index in [1.54, 1.807) is 12.3 Å². The van der Waals surface area contributed by atoms with Gasteiger partial charge in [-0.25, -0.2) is 9.37 Å². The fraction of sp³-hybridized carbons (Fsp3) is 0.0667. The molecule has 6 heteroatoms. The van der Waals surface area contributed by atoms with Crippen LogP contribution in [0.25, 0.3) is 10.7 Å². The van der Waals surface area contributed by atoms with Crippen LogP contribution in [0.4, 0.5) is 10.1 Å². The highest BCUT2D eigenvalue weighted by atomic mass is 35.5. The topological polar surface area (TPSA) is 37.8 Å². The van der Waals surface area contributed by atoms with E-state index in [0.717, 1.165) is 16.4 Å². The Balaban J connectivity index is 1.69. The summed E-state index contributed by atoms with van der Waals surface area (Å²) >= 11 is 7.18. The van der Waals surface area contributed by atoms with Crippen molar-refractivity contribution in [2.24, 2.45) is 0 Å². The lowest BCUT2D eigenvalue weighted by Gasteiger charge is -2.05. The molecule has 0 aliphatic carbocycles. The van der Waals surface area contributed by atoms with Gasteiger partial charge in [0.25, 0.3) is 0 Å². The summed E-state index contributed by atoms with van der Waals surface area (Å²) in [5, 5.41) is 6.07. The van der Waals surface area contributed by atoms with Gasteiger partial charge in [0.05, 0.1) is 23.0 Å². The molecular formula is C15H11ClFN3S. The molecule has 1 N–H and O–H groups in total. The van der Waals surface area contributed by atoms with Crippen LogP contribution in [-0.4, -0.2) is 9.97 Å². The summed E-state index contributed by atoms with van der Waals surface area (Å²) in [5.74, 6) is -0.436. The van der Waals surface area contributed by atoms with Gasteiger partial charge < -0.3 is 5.32 Å². The van der Waals surface area contributed by atoms with E-state index in [9.17, 15) is 4.39 Å². The number of aromatic nitrogens is 2. The van der Waals surface area contributed by atoms with Crippen LogP contribution in [0.3, 0.4) is 0 Å². The number of thiazole rings is 1. The predicted octanol–water partition coefficient (Wildman–Crippen LogP) is 4.61. The maximum atomic E-state index is 13.3. The third kappa shape index (κ3) is 3.37. The molecule has 3 nitrogen and oxygen atoms in total. The molecule has 106 valence electrons. The molecule has 3 rings (SSSR count). The van der Waals surface area contributed by atoms with Gasteiger partial charge in [-0.05, 0) is 30.3 Å². The first-order valence-electron chi connectivity index (χ1n) is 6.27. The number of anilines is 1. The molecule has 0 atom stereocenters. The first-order valence-corrected chi connectivity index (χ1v) is 7.53. The van der Waals surface area contributed by atoms with E-state index < -0.39 is 5.82 Å². The van der Waals surface area contributed by atoms with E-state index in [1.807, 2.05) is 23.6 Å². The van der Waals surface area contributed by atoms with Gasteiger partial charge in [-0.3, -0.25) is 4.98 Å². The average Bonchev–Trinajstić information content (AvgIpc) is 2.98. The average molecular weight is 320 g/mol. The molecule has 0 saturated carbocycles. The molecule has 0 unspecified atom stereocenters. The van der Waals surface area contributed by atoms with E-state index in [1.165, 1.54) is 23.5 Å². The van der Waals surface area contributed by atoms with Gasteiger partial charge in [0.1, 0.15) is 10.8 Å². The highest BCUT2D eigenvalue weighted by Gasteiger charge is 2.06. The van der Waals surface area contributed by atoms with Crippen LogP contribution >= 0.6 is 22.9 Å². The second-order valence-corrected chi connectivity index (χ2v) is 5.61. The number of nitrogens with zero attached hydrogens (tertiary/aromatic N) is 2. The van der Waals surface area contributed by atoms with E-state index in [4.69, 9.17) is 11.6 Å². The maximum absolute atomic E-state index is 13.3. The second kappa shape index (κ2) is 6.20. The lowest BCUT2D eigenvalue weighted by Crippen LogP contribution is -2.00. The molecule has 0 bridgehead atoms. The maximum Gasteiger partial charge on any atom is 0.143 e. The number of rotatable bonds is 4. The standard InChI is InChI=1S/C15H11ClFN3S/c16-12-5-4-10(7-13(12)17)19-8-11-9-21-15(20-11)14-3-1-2-6-18-14/h1-7,9,19H,8H2. The molecule has 0 spiro atoms. The molecule has 2 heterocycles. The van der Waals surface area contributed by atoms with Crippen molar-refractivity contribution < 1.29 is 4.39 Å². The molecule has 3 aromatic rings. The fourth-order valence-corrected chi connectivity index (χ4v) is 2.71. The first kappa shape index (κ1) is 14.0. The summed E-state index contributed by atoms with van der Waals surface area (Å²) < 4.78 is 13.3. The molecule has 0 aliphatic heterocycles. The molecule has 0 amide bonds. The smallest absolute Gasteiger partial charge is 0.143 e. The van der Waals surface area contributed by atoms with Crippen LogP contribution in [-0.2, 0) is 6.54 Å². The number of hydrogen-bond acceptors (Lipinski definition) is 4. The van der Waals surface area contributed by atoms with Crippen LogP contribution < -0.4 is 5.32 Å². The van der Waals surface area contributed by atoms with Crippen LogP contribution in [0, 0.1) is 5.82 Å². The minimum atomic E-state index is -0.436. The third-order valence-electron chi connectivity index (χ3n) is 2.83. The lowest BCUT2D eigenvalue weighted by atomic mass is 10.3. The summed E-state index contributed by atoms with van der Waals surface area (Å²) in [6.45, 7) is 0.518. The van der Waals surface area contributed by atoms with Crippen molar-refractivity contribution in [1.82, 2.24) is 9.97 Å². The van der Waals surface area contributed by atoms with Crippen LogP contribution in [0.1, 0.15) is 5.69 Å². The van der Waals surface area contributed by atoms with Gasteiger partial charge in [0.15, 0.2) is 0 Å². The Morgan fingerprint density at radius 3 is 2.90 bits per heavy atom. The third-order valence-corrected chi connectivity index (χ3v) is 4.05. The van der Waals surface area contributed by atoms with Crippen LogP contribution in [0.5, 0.6) is 0 Å². The van der Waals surface area contributed by atoms with Gasteiger partial charge >= 0.3 is 0 Å². The summed E-state index contributed by atoms with van der Waals surface area (Å²) in [4.78, 5) is 8.77. The monoisotopic (exact) mass is 319 g/mol.